The molecule has 0 aliphatic heterocycles. The minimum Gasteiger partial charge on any atom is -0.507 e. The summed E-state index contributed by atoms with van der Waals surface area (Å²) in [4.78, 5) is 11.2. The van der Waals surface area contributed by atoms with Crippen molar-refractivity contribution in [3.63, 3.8) is 0 Å². The molecular formula is C27H28O3. The van der Waals surface area contributed by atoms with Crippen LogP contribution in [0, 0.1) is 0 Å². The second-order valence-corrected chi connectivity index (χ2v) is 7.27. The molecule has 1 aliphatic rings. The number of allylic oxidation sites excluding steroid dienone is 6. The molecule has 0 bridgehead atoms. The van der Waals surface area contributed by atoms with E-state index in [0.717, 1.165) is 30.4 Å². The summed E-state index contributed by atoms with van der Waals surface area (Å²) in [6.07, 6.45) is 14.5. The van der Waals surface area contributed by atoms with Crippen molar-refractivity contribution in [1.82, 2.24) is 0 Å². The van der Waals surface area contributed by atoms with Crippen molar-refractivity contribution in [2.45, 2.75) is 33.1 Å². The van der Waals surface area contributed by atoms with Crippen molar-refractivity contribution in [3.8, 4) is 22.6 Å². The highest BCUT2D eigenvalue weighted by Crippen LogP contribution is 2.37. The van der Waals surface area contributed by atoms with Gasteiger partial charge in [0.15, 0.2) is 6.29 Å². The molecule has 0 amide bonds. The highest BCUT2D eigenvalue weighted by atomic mass is 16.5. The van der Waals surface area contributed by atoms with Crippen LogP contribution in [0.2, 0.25) is 0 Å². The second kappa shape index (κ2) is 10.4. The maximum absolute atomic E-state index is 11.2. The van der Waals surface area contributed by atoms with E-state index in [2.05, 4.69) is 44.2 Å². The Balaban J connectivity index is 1.93. The Morgan fingerprint density at radius 3 is 2.67 bits per heavy atom. The summed E-state index contributed by atoms with van der Waals surface area (Å²) in [6, 6.07) is 12.7. The smallest absolute Gasteiger partial charge is 0.153 e. The molecule has 0 atom stereocenters. The molecule has 2 aromatic carbocycles. The standard InChI is InChI=1S/C27H28O3/c1-3-4-11-23(20(2)21-12-6-5-7-13-21)19-30-26-17-9-8-15-24(26)25-16-10-14-22(18-28)27(25)29/h4-6,8-12,14-18,29H,3,7,13,19H2,1-2H3/b11-4-,23-20-. The van der Waals surface area contributed by atoms with Crippen LogP contribution in [0.3, 0.4) is 0 Å². The molecule has 154 valence electrons. The summed E-state index contributed by atoms with van der Waals surface area (Å²) in [5.74, 6) is 0.643. The molecule has 1 aliphatic carbocycles. The van der Waals surface area contributed by atoms with Crippen molar-refractivity contribution < 1.29 is 14.6 Å². The van der Waals surface area contributed by atoms with E-state index in [1.54, 1.807) is 18.2 Å². The van der Waals surface area contributed by atoms with Crippen molar-refractivity contribution >= 4 is 6.29 Å². The van der Waals surface area contributed by atoms with Crippen LogP contribution in [0.25, 0.3) is 11.1 Å². The minimum absolute atomic E-state index is 0.0273. The number of hydrogen-bond donors (Lipinski definition) is 1. The van der Waals surface area contributed by atoms with Crippen molar-refractivity contribution in [1.29, 1.82) is 0 Å². The zero-order valence-electron chi connectivity index (χ0n) is 17.6. The largest absolute Gasteiger partial charge is 0.507 e. The van der Waals surface area contributed by atoms with Crippen LogP contribution < -0.4 is 4.74 Å². The van der Waals surface area contributed by atoms with Crippen LogP contribution >= 0.6 is 0 Å². The van der Waals surface area contributed by atoms with Crippen molar-refractivity contribution in [3.05, 3.63) is 95.1 Å². The summed E-state index contributed by atoms with van der Waals surface area (Å²) in [5, 5.41) is 10.5. The average Bonchev–Trinajstić information content (AvgIpc) is 2.80. The van der Waals surface area contributed by atoms with Crippen LogP contribution in [-0.4, -0.2) is 18.0 Å². The van der Waals surface area contributed by atoms with Gasteiger partial charge in [-0.25, -0.2) is 0 Å². The lowest BCUT2D eigenvalue weighted by Gasteiger charge is -2.17. The lowest BCUT2D eigenvalue weighted by atomic mass is 9.94. The number of rotatable bonds is 8. The van der Waals surface area contributed by atoms with Crippen LogP contribution in [0.15, 0.2) is 89.6 Å². The number of phenolic OH excluding ortho intramolecular Hbond substituents is 1. The summed E-state index contributed by atoms with van der Waals surface area (Å²) in [6.45, 7) is 4.69. The van der Waals surface area contributed by atoms with E-state index in [9.17, 15) is 9.90 Å². The Labute approximate surface area is 178 Å². The molecule has 2 aromatic rings. The minimum atomic E-state index is -0.0273. The first-order chi connectivity index (χ1) is 14.7. The number of carbonyl (C=O) groups is 1. The number of hydrogen-bond acceptors (Lipinski definition) is 3. The fourth-order valence-corrected chi connectivity index (χ4v) is 3.51. The number of aromatic hydroxyl groups is 1. The maximum atomic E-state index is 11.2. The predicted molar refractivity (Wildman–Crippen MR) is 123 cm³/mol. The van der Waals surface area contributed by atoms with E-state index in [4.69, 9.17) is 4.74 Å². The van der Waals surface area contributed by atoms with Crippen LogP contribution in [0.5, 0.6) is 11.5 Å². The van der Waals surface area contributed by atoms with Crippen molar-refractivity contribution in [2.24, 2.45) is 0 Å². The molecule has 0 unspecified atom stereocenters. The number of phenols is 1. The Kier molecular flexibility index (Phi) is 7.45. The summed E-state index contributed by atoms with van der Waals surface area (Å²) < 4.78 is 6.24. The third-order valence-corrected chi connectivity index (χ3v) is 5.29. The SMILES string of the molecule is CC/C=C\C(COc1ccccc1-c1cccc(C=O)c1O)=C(/C)C1=CC=CCC1. The normalized spacial score (nSPS) is 14.4. The average molecular weight is 401 g/mol. The van der Waals surface area contributed by atoms with Crippen LogP contribution in [0.4, 0.5) is 0 Å². The van der Waals surface area contributed by atoms with E-state index in [1.807, 2.05) is 24.3 Å². The Hall–Kier alpha value is -3.33. The van der Waals surface area contributed by atoms with Gasteiger partial charge < -0.3 is 9.84 Å². The predicted octanol–water partition coefficient (Wildman–Crippen LogP) is 6.81. The quantitative estimate of drug-likeness (QED) is 0.391. The Morgan fingerprint density at radius 1 is 1.13 bits per heavy atom. The molecule has 0 heterocycles. The molecule has 0 saturated carbocycles. The monoisotopic (exact) mass is 400 g/mol. The first-order valence-electron chi connectivity index (χ1n) is 10.4. The first-order valence-corrected chi connectivity index (χ1v) is 10.4. The van der Waals surface area contributed by atoms with Crippen LogP contribution in [0.1, 0.15) is 43.5 Å². The van der Waals surface area contributed by atoms with Crippen LogP contribution in [-0.2, 0) is 0 Å². The van der Waals surface area contributed by atoms with E-state index < -0.39 is 0 Å². The highest BCUT2D eigenvalue weighted by molar-refractivity contribution is 5.87. The molecule has 1 N–H and O–H groups in total. The van der Waals surface area contributed by atoms with Gasteiger partial charge >= 0.3 is 0 Å². The van der Waals surface area contributed by atoms with Gasteiger partial charge in [0.25, 0.3) is 0 Å². The molecular weight excluding hydrogens is 372 g/mol. The molecule has 3 nitrogen and oxygen atoms in total. The van der Waals surface area contributed by atoms with Gasteiger partial charge in [-0.15, -0.1) is 0 Å². The van der Waals surface area contributed by atoms with Gasteiger partial charge in [0, 0.05) is 11.1 Å². The molecule has 3 heteroatoms. The van der Waals surface area contributed by atoms with Crippen molar-refractivity contribution in [2.75, 3.05) is 6.61 Å². The van der Waals surface area contributed by atoms with Gasteiger partial charge in [-0.05, 0) is 55.0 Å². The van der Waals surface area contributed by atoms with Gasteiger partial charge in [0.2, 0.25) is 0 Å². The van der Waals surface area contributed by atoms with Gasteiger partial charge in [-0.1, -0.05) is 67.6 Å². The third kappa shape index (κ3) is 4.98. The number of benzene rings is 2. The van der Waals surface area contributed by atoms with E-state index in [-0.39, 0.29) is 11.3 Å². The zero-order valence-corrected chi connectivity index (χ0v) is 17.6. The van der Waals surface area contributed by atoms with Gasteiger partial charge in [0.1, 0.15) is 18.1 Å². The molecule has 3 rings (SSSR count). The first kappa shape index (κ1) is 21.4. The molecule has 0 aromatic heterocycles. The number of aldehydes is 1. The summed E-state index contributed by atoms with van der Waals surface area (Å²) >= 11 is 0. The maximum Gasteiger partial charge on any atom is 0.153 e. The Morgan fingerprint density at radius 2 is 1.93 bits per heavy atom. The number of ether oxygens (including phenoxy) is 1. The van der Waals surface area contributed by atoms with Gasteiger partial charge in [0.05, 0.1) is 5.56 Å². The summed E-state index contributed by atoms with van der Waals surface area (Å²) in [7, 11) is 0. The van der Waals surface area contributed by atoms with E-state index in [1.165, 1.54) is 11.1 Å². The zero-order chi connectivity index (χ0) is 21.3. The lowest BCUT2D eigenvalue weighted by molar-refractivity contribution is 0.112. The molecule has 0 radical (unpaired) electrons. The van der Waals surface area contributed by atoms with E-state index >= 15 is 0 Å². The molecule has 0 spiro atoms. The fraction of sp³-hybridized carbons (Fsp3) is 0.222. The Bertz CT molecular complexity index is 1020. The molecule has 0 saturated heterocycles. The fourth-order valence-electron chi connectivity index (χ4n) is 3.51. The second-order valence-electron chi connectivity index (χ2n) is 7.27. The number of para-hydroxylation sites is 2. The molecule has 30 heavy (non-hydrogen) atoms. The third-order valence-electron chi connectivity index (χ3n) is 5.29. The number of carbonyl (C=O) groups excluding carboxylic acids is 1. The molecule has 0 fully saturated rings. The van der Waals surface area contributed by atoms with E-state index in [0.29, 0.717) is 24.2 Å². The summed E-state index contributed by atoms with van der Waals surface area (Å²) in [5.41, 5.74) is 5.33. The topological polar surface area (TPSA) is 46.5 Å². The lowest BCUT2D eigenvalue weighted by Crippen LogP contribution is -2.05. The van der Waals surface area contributed by atoms with Gasteiger partial charge in [-0.3, -0.25) is 4.79 Å². The van der Waals surface area contributed by atoms with Gasteiger partial charge in [-0.2, -0.15) is 0 Å². The highest BCUT2D eigenvalue weighted by Gasteiger charge is 2.14.